The summed E-state index contributed by atoms with van der Waals surface area (Å²) in [5.41, 5.74) is 0.611. The number of halogens is 1. The number of piperidine rings is 1. The molecule has 0 bridgehead atoms. The van der Waals surface area contributed by atoms with Crippen molar-refractivity contribution in [2.45, 2.75) is 83.5 Å². The Kier molecular flexibility index (Phi) is 8.29. The second-order valence-electron chi connectivity index (χ2n) is 10.7. The van der Waals surface area contributed by atoms with Gasteiger partial charge in [0.15, 0.2) is 5.65 Å². The van der Waals surface area contributed by atoms with Crippen molar-refractivity contribution in [2.24, 2.45) is 0 Å². The first-order chi connectivity index (χ1) is 18.4. The zero-order valence-corrected chi connectivity index (χ0v) is 22.9. The first-order valence-electron chi connectivity index (χ1n) is 13.7. The number of nitrogens with one attached hydrogen (secondary N) is 1. The molecule has 202 valence electrons. The van der Waals surface area contributed by atoms with Crippen LogP contribution in [0.15, 0.2) is 41.3 Å². The highest BCUT2D eigenvalue weighted by molar-refractivity contribution is 6.30. The smallest absolute Gasteiger partial charge is 0.263 e. The van der Waals surface area contributed by atoms with E-state index >= 15 is 0 Å². The number of ether oxygens (including phenoxy) is 1. The van der Waals surface area contributed by atoms with Crippen molar-refractivity contribution in [3.63, 3.8) is 0 Å². The first-order valence-corrected chi connectivity index (χ1v) is 14.1. The van der Waals surface area contributed by atoms with Gasteiger partial charge in [-0.1, -0.05) is 43.0 Å². The molecule has 9 heteroatoms. The third-order valence-corrected chi connectivity index (χ3v) is 7.72. The molecule has 0 atom stereocenters. The largest absolute Gasteiger partial charge is 0.489 e. The number of pyridine rings is 1. The zero-order valence-electron chi connectivity index (χ0n) is 22.2. The summed E-state index contributed by atoms with van der Waals surface area (Å²) >= 11 is 6.22. The van der Waals surface area contributed by atoms with Crippen molar-refractivity contribution < 1.29 is 9.53 Å². The number of fused-ring (bicyclic) bond motifs is 1. The molecule has 1 aliphatic heterocycles. The fourth-order valence-electron chi connectivity index (χ4n) is 5.65. The lowest BCUT2D eigenvalue weighted by Crippen LogP contribution is -2.44. The summed E-state index contributed by atoms with van der Waals surface area (Å²) in [6, 6.07) is 9.46. The van der Waals surface area contributed by atoms with E-state index in [2.05, 4.69) is 20.2 Å². The summed E-state index contributed by atoms with van der Waals surface area (Å²) in [5, 5.41) is 3.69. The highest BCUT2D eigenvalue weighted by atomic mass is 35.5. The molecule has 0 radical (unpaired) electrons. The Morgan fingerprint density at radius 3 is 2.61 bits per heavy atom. The third kappa shape index (κ3) is 6.18. The second kappa shape index (κ2) is 11.8. The number of likely N-dealkylation sites (tertiary alicyclic amines) is 1. The number of rotatable bonds is 7. The van der Waals surface area contributed by atoms with Crippen LogP contribution in [0, 0.1) is 0 Å². The number of carbonyl (C=O) groups is 1. The number of aromatic nitrogens is 3. The lowest BCUT2D eigenvalue weighted by molar-refractivity contribution is -0.122. The lowest BCUT2D eigenvalue weighted by atomic mass is 9.92. The van der Waals surface area contributed by atoms with Gasteiger partial charge in [-0.25, -0.2) is 9.97 Å². The van der Waals surface area contributed by atoms with E-state index in [1.54, 1.807) is 30.5 Å². The van der Waals surface area contributed by atoms with Crippen molar-refractivity contribution in [3.8, 4) is 17.1 Å². The van der Waals surface area contributed by atoms with Crippen molar-refractivity contribution >= 4 is 28.5 Å². The van der Waals surface area contributed by atoms with E-state index in [-0.39, 0.29) is 30.2 Å². The maximum absolute atomic E-state index is 13.7. The van der Waals surface area contributed by atoms with Crippen molar-refractivity contribution in [2.75, 3.05) is 13.1 Å². The minimum Gasteiger partial charge on any atom is -0.489 e. The van der Waals surface area contributed by atoms with Gasteiger partial charge in [0.2, 0.25) is 5.91 Å². The minimum atomic E-state index is -0.339. The second-order valence-corrected chi connectivity index (χ2v) is 11.2. The molecule has 1 aliphatic carbocycles. The summed E-state index contributed by atoms with van der Waals surface area (Å²) < 4.78 is 7.69. The number of carbonyl (C=O) groups excluding carboxylic acids is 1. The molecule has 0 spiro atoms. The Hall–Kier alpha value is -2.97. The molecule has 0 unspecified atom stereocenters. The highest BCUT2D eigenvalue weighted by Crippen LogP contribution is 2.28. The van der Waals surface area contributed by atoms with Gasteiger partial charge in [0, 0.05) is 35.8 Å². The highest BCUT2D eigenvalue weighted by Gasteiger charge is 2.27. The van der Waals surface area contributed by atoms with Crippen LogP contribution < -0.4 is 15.6 Å². The first kappa shape index (κ1) is 26.6. The molecule has 1 saturated heterocycles. The number of benzene rings is 1. The molecular weight excluding hydrogens is 502 g/mol. The maximum atomic E-state index is 13.7. The van der Waals surface area contributed by atoms with E-state index in [1.165, 1.54) is 36.7 Å². The number of hydrogen-bond acceptors (Lipinski definition) is 6. The van der Waals surface area contributed by atoms with E-state index in [0.29, 0.717) is 33.2 Å². The predicted molar refractivity (Wildman–Crippen MR) is 150 cm³/mol. The minimum absolute atomic E-state index is 0.0487. The van der Waals surface area contributed by atoms with Crippen LogP contribution in [-0.4, -0.2) is 56.6 Å². The molecule has 38 heavy (non-hydrogen) atoms. The van der Waals surface area contributed by atoms with Crippen LogP contribution in [-0.2, 0) is 11.3 Å². The molecule has 5 rings (SSSR count). The Morgan fingerprint density at radius 1 is 1.13 bits per heavy atom. The molecule has 8 nitrogen and oxygen atoms in total. The Morgan fingerprint density at radius 2 is 1.89 bits per heavy atom. The van der Waals surface area contributed by atoms with Gasteiger partial charge < -0.3 is 15.0 Å². The summed E-state index contributed by atoms with van der Waals surface area (Å²) in [7, 11) is 0. The van der Waals surface area contributed by atoms with Crippen molar-refractivity contribution in [1.82, 2.24) is 24.8 Å². The van der Waals surface area contributed by atoms with Gasteiger partial charge in [-0.05, 0) is 57.7 Å². The quantitative estimate of drug-likeness (QED) is 0.465. The van der Waals surface area contributed by atoms with E-state index in [0.717, 1.165) is 32.0 Å². The van der Waals surface area contributed by atoms with E-state index < -0.39 is 0 Å². The molecular formula is C29H36ClN5O3. The van der Waals surface area contributed by atoms with Crippen LogP contribution >= 0.6 is 11.6 Å². The van der Waals surface area contributed by atoms with Crippen LogP contribution in [0.1, 0.15) is 58.8 Å². The Balaban J connectivity index is 1.40. The van der Waals surface area contributed by atoms with Crippen LogP contribution in [0.25, 0.3) is 22.4 Å². The average molecular weight is 538 g/mol. The van der Waals surface area contributed by atoms with Crippen LogP contribution in [0.5, 0.6) is 5.75 Å². The average Bonchev–Trinajstić information content (AvgIpc) is 2.91. The van der Waals surface area contributed by atoms with Gasteiger partial charge >= 0.3 is 0 Å². The van der Waals surface area contributed by atoms with Gasteiger partial charge in [0.05, 0.1) is 11.6 Å². The van der Waals surface area contributed by atoms with Gasteiger partial charge in [0.1, 0.15) is 24.2 Å². The normalized spacial score (nSPS) is 17.7. The van der Waals surface area contributed by atoms with E-state index in [4.69, 9.17) is 16.3 Å². The lowest BCUT2D eigenvalue weighted by Gasteiger charge is -2.39. The van der Waals surface area contributed by atoms with Crippen LogP contribution in [0.3, 0.4) is 0 Å². The molecule has 1 saturated carbocycles. The Labute approximate surface area is 228 Å². The number of nitrogens with zero attached hydrogens (tertiary/aromatic N) is 4. The summed E-state index contributed by atoms with van der Waals surface area (Å²) in [5.74, 6) is 0.637. The van der Waals surface area contributed by atoms with Gasteiger partial charge in [-0.3, -0.25) is 14.2 Å². The third-order valence-electron chi connectivity index (χ3n) is 7.49. The standard InChI is InChI=1S/C29H36ClN5O3/c1-19(2)32-26(36)18-35-28(20-7-6-8-21(30)15-20)33-27-25(29(35)37)16-24(17-31-27)38-23-11-13-34(14-12-23)22-9-4-3-5-10-22/h6-8,15-17,19,22-23H,3-5,9-14,18H2,1-2H3,(H,32,36). The topological polar surface area (TPSA) is 89.3 Å². The zero-order chi connectivity index (χ0) is 26.6. The van der Waals surface area contributed by atoms with Crippen LogP contribution in [0.2, 0.25) is 5.02 Å². The van der Waals surface area contributed by atoms with Crippen LogP contribution in [0.4, 0.5) is 0 Å². The molecule has 2 aliphatic rings. The molecule has 1 N–H and O–H groups in total. The predicted octanol–water partition coefficient (Wildman–Crippen LogP) is 4.81. The van der Waals surface area contributed by atoms with Gasteiger partial charge in [-0.15, -0.1) is 0 Å². The Bertz CT molecular complexity index is 1340. The molecule has 2 aromatic heterocycles. The van der Waals surface area contributed by atoms with Gasteiger partial charge in [0.25, 0.3) is 5.56 Å². The van der Waals surface area contributed by atoms with Crippen molar-refractivity contribution in [1.29, 1.82) is 0 Å². The maximum Gasteiger partial charge on any atom is 0.263 e. The van der Waals surface area contributed by atoms with E-state index in [1.807, 2.05) is 19.9 Å². The fourth-order valence-corrected chi connectivity index (χ4v) is 5.85. The molecule has 3 aromatic rings. The summed E-state index contributed by atoms with van der Waals surface area (Å²) in [6.07, 6.45) is 10.3. The van der Waals surface area contributed by atoms with Gasteiger partial charge in [-0.2, -0.15) is 0 Å². The van der Waals surface area contributed by atoms with E-state index in [9.17, 15) is 9.59 Å². The molecule has 2 fully saturated rings. The molecule has 1 aromatic carbocycles. The summed E-state index contributed by atoms with van der Waals surface area (Å²) in [4.78, 5) is 38.1. The van der Waals surface area contributed by atoms with Crippen molar-refractivity contribution in [3.05, 3.63) is 51.9 Å². The fraction of sp³-hybridized carbons (Fsp3) is 0.517. The molecule has 1 amide bonds. The SMILES string of the molecule is CC(C)NC(=O)Cn1c(-c2cccc(Cl)c2)nc2ncc(OC3CCN(C4CCCCC4)CC3)cc2c1=O. The monoisotopic (exact) mass is 537 g/mol. The summed E-state index contributed by atoms with van der Waals surface area (Å²) in [6.45, 7) is 5.68. The molecule has 3 heterocycles. The number of hydrogen-bond donors (Lipinski definition) is 1. The number of amides is 1.